The molecule has 0 aliphatic carbocycles. The van der Waals surface area contributed by atoms with Gasteiger partial charge in [-0.15, -0.1) is 0 Å². The zero-order valence-electron chi connectivity index (χ0n) is 15.7. The fraction of sp³-hybridized carbons (Fsp3) is 0.227. The number of rotatable bonds is 5. The number of para-hydroxylation sites is 2. The largest absolute Gasteiger partial charge is 0.484 e. The van der Waals surface area contributed by atoms with Crippen LogP contribution in [0.5, 0.6) is 5.75 Å². The number of ether oxygens (including phenoxy) is 1. The Morgan fingerprint density at radius 3 is 2.48 bits per heavy atom. The van der Waals surface area contributed by atoms with E-state index in [9.17, 15) is 9.18 Å². The predicted octanol–water partition coefficient (Wildman–Crippen LogP) is 4.72. The minimum absolute atomic E-state index is 0.162. The van der Waals surface area contributed by atoms with Gasteiger partial charge in [-0.2, -0.15) is 0 Å². The fourth-order valence-electron chi connectivity index (χ4n) is 3.30. The van der Waals surface area contributed by atoms with Gasteiger partial charge in [0, 0.05) is 26.2 Å². The molecule has 29 heavy (non-hydrogen) atoms. The molecule has 5 nitrogen and oxygen atoms in total. The lowest BCUT2D eigenvalue weighted by Gasteiger charge is -2.35. The molecule has 0 bridgehead atoms. The molecule has 2 aromatic carbocycles. The minimum atomic E-state index is -0.243. The van der Waals surface area contributed by atoms with Gasteiger partial charge in [0.05, 0.1) is 10.2 Å². The Hall–Kier alpha value is -2.80. The number of hydrogen-bond donors (Lipinski definition) is 0. The molecular formula is C22H20BrFN2O3. The number of nitrogens with zero attached hydrogens (tertiary/aromatic N) is 2. The number of halogens is 2. The van der Waals surface area contributed by atoms with Crippen LogP contribution in [0, 0.1) is 5.82 Å². The molecule has 0 saturated carbocycles. The van der Waals surface area contributed by atoms with Gasteiger partial charge in [-0.05, 0) is 52.3 Å². The van der Waals surface area contributed by atoms with E-state index in [1.165, 1.54) is 6.07 Å². The Kier molecular flexibility index (Phi) is 5.85. The van der Waals surface area contributed by atoms with Gasteiger partial charge in [-0.25, -0.2) is 4.39 Å². The number of amides is 1. The zero-order valence-corrected chi connectivity index (χ0v) is 17.3. The predicted molar refractivity (Wildman–Crippen MR) is 112 cm³/mol. The molecule has 0 spiro atoms. The summed E-state index contributed by atoms with van der Waals surface area (Å²) in [5, 5.41) is 0. The molecule has 2 heterocycles. The van der Waals surface area contributed by atoms with Crippen LogP contribution in [0.2, 0.25) is 0 Å². The van der Waals surface area contributed by atoms with Gasteiger partial charge in [0.2, 0.25) is 0 Å². The molecule has 1 aliphatic heterocycles. The first kappa shape index (κ1) is 19.5. The summed E-state index contributed by atoms with van der Waals surface area (Å²) in [5.41, 5.74) is 0.573. The van der Waals surface area contributed by atoms with E-state index < -0.39 is 0 Å². The summed E-state index contributed by atoms with van der Waals surface area (Å²) >= 11 is 3.43. The van der Waals surface area contributed by atoms with Crippen LogP contribution < -0.4 is 9.64 Å². The summed E-state index contributed by atoms with van der Waals surface area (Å²) in [6.07, 6.45) is 0. The summed E-state index contributed by atoms with van der Waals surface area (Å²) in [5.74, 6) is 1.17. The Morgan fingerprint density at radius 1 is 1.00 bits per heavy atom. The number of carbonyl (C=O) groups excluding carboxylic acids is 1. The van der Waals surface area contributed by atoms with Crippen molar-refractivity contribution in [2.75, 3.05) is 31.1 Å². The third-order valence-electron chi connectivity index (χ3n) is 4.84. The van der Waals surface area contributed by atoms with Crippen molar-refractivity contribution in [3.63, 3.8) is 0 Å². The smallest absolute Gasteiger partial charge is 0.289 e. The number of anilines is 1. The summed E-state index contributed by atoms with van der Waals surface area (Å²) < 4.78 is 26.2. The molecule has 7 heteroatoms. The Morgan fingerprint density at radius 2 is 1.72 bits per heavy atom. The van der Waals surface area contributed by atoms with E-state index in [0.29, 0.717) is 43.4 Å². The molecule has 1 aromatic heterocycles. The summed E-state index contributed by atoms with van der Waals surface area (Å²) in [7, 11) is 0. The van der Waals surface area contributed by atoms with Gasteiger partial charge in [0.25, 0.3) is 5.91 Å². The van der Waals surface area contributed by atoms with Crippen LogP contribution in [0.4, 0.5) is 10.1 Å². The van der Waals surface area contributed by atoms with Gasteiger partial charge < -0.3 is 19.0 Å². The SMILES string of the molecule is O=C(c1ccc(COc2ccccc2Br)o1)N1CCN(c2ccccc2F)CC1. The average molecular weight is 459 g/mol. The Labute approximate surface area is 176 Å². The van der Waals surface area contributed by atoms with Crippen LogP contribution in [0.25, 0.3) is 0 Å². The van der Waals surface area contributed by atoms with Crippen molar-refractivity contribution >= 4 is 27.5 Å². The van der Waals surface area contributed by atoms with Crippen molar-refractivity contribution in [1.82, 2.24) is 4.90 Å². The molecule has 0 atom stereocenters. The highest BCUT2D eigenvalue weighted by Crippen LogP contribution is 2.25. The van der Waals surface area contributed by atoms with Crippen molar-refractivity contribution in [2.24, 2.45) is 0 Å². The number of carbonyl (C=O) groups is 1. The molecule has 1 saturated heterocycles. The second-order valence-electron chi connectivity index (χ2n) is 6.72. The Balaban J connectivity index is 1.34. The number of hydrogen-bond acceptors (Lipinski definition) is 4. The van der Waals surface area contributed by atoms with Gasteiger partial charge in [-0.3, -0.25) is 4.79 Å². The van der Waals surface area contributed by atoms with Gasteiger partial charge >= 0.3 is 0 Å². The first-order valence-corrected chi connectivity index (χ1v) is 10.2. The summed E-state index contributed by atoms with van der Waals surface area (Å²) in [6, 6.07) is 17.7. The van der Waals surface area contributed by atoms with Gasteiger partial charge in [-0.1, -0.05) is 24.3 Å². The molecule has 3 aromatic rings. The van der Waals surface area contributed by atoms with Crippen molar-refractivity contribution in [3.05, 3.63) is 82.5 Å². The molecule has 150 valence electrons. The molecule has 1 amide bonds. The van der Waals surface area contributed by atoms with Gasteiger partial charge in [0.1, 0.15) is 23.9 Å². The second kappa shape index (κ2) is 8.69. The van der Waals surface area contributed by atoms with Crippen molar-refractivity contribution in [2.45, 2.75) is 6.61 Å². The van der Waals surface area contributed by atoms with E-state index in [4.69, 9.17) is 9.15 Å². The average Bonchev–Trinajstić information content (AvgIpc) is 3.22. The van der Waals surface area contributed by atoms with Crippen LogP contribution >= 0.6 is 15.9 Å². The third-order valence-corrected chi connectivity index (χ3v) is 5.49. The van der Waals surface area contributed by atoms with Crippen molar-refractivity contribution in [1.29, 1.82) is 0 Å². The van der Waals surface area contributed by atoms with Crippen molar-refractivity contribution < 1.29 is 18.3 Å². The van der Waals surface area contributed by atoms with Crippen LogP contribution in [0.15, 0.2) is 69.6 Å². The maximum Gasteiger partial charge on any atom is 0.289 e. The first-order valence-electron chi connectivity index (χ1n) is 9.36. The monoisotopic (exact) mass is 458 g/mol. The number of furan rings is 1. The van der Waals surface area contributed by atoms with Crippen LogP contribution in [0.3, 0.4) is 0 Å². The highest BCUT2D eigenvalue weighted by molar-refractivity contribution is 9.10. The fourth-order valence-corrected chi connectivity index (χ4v) is 3.69. The topological polar surface area (TPSA) is 45.9 Å². The first-order chi connectivity index (χ1) is 14.1. The number of benzene rings is 2. The van der Waals surface area contributed by atoms with E-state index in [2.05, 4.69) is 15.9 Å². The molecular weight excluding hydrogens is 439 g/mol. The van der Waals surface area contributed by atoms with Crippen LogP contribution in [0.1, 0.15) is 16.3 Å². The maximum absolute atomic E-state index is 14.0. The maximum atomic E-state index is 14.0. The van der Waals surface area contributed by atoms with E-state index in [1.807, 2.05) is 35.2 Å². The lowest BCUT2D eigenvalue weighted by molar-refractivity contribution is 0.0710. The standard InChI is InChI=1S/C22H20BrFN2O3/c23-17-5-1-4-8-20(17)28-15-16-9-10-21(29-16)22(27)26-13-11-25(12-14-26)19-7-3-2-6-18(19)24/h1-10H,11-15H2. The van der Waals surface area contributed by atoms with E-state index in [1.54, 1.807) is 29.2 Å². The van der Waals surface area contributed by atoms with Crippen LogP contribution in [-0.4, -0.2) is 37.0 Å². The highest BCUT2D eigenvalue weighted by atomic mass is 79.9. The lowest BCUT2D eigenvalue weighted by Crippen LogP contribution is -2.49. The number of piperazine rings is 1. The van der Waals surface area contributed by atoms with E-state index >= 15 is 0 Å². The zero-order chi connectivity index (χ0) is 20.2. The molecule has 4 rings (SSSR count). The van der Waals surface area contributed by atoms with Gasteiger partial charge in [0.15, 0.2) is 5.76 Å². The third kappa shape index (κ3) is 4.45. The summed E-state index contributed by atoms with van der Waals surface area (Å²) in [4.78, 5) is 16.4. The molecule has 1 aliphatic rings. The minimum Gasteiger partial charge on any atom is -0.484 e. The Bertz CT molecular complexity index is 999. The van der Waals surface area contributed by atoms with E-state index in [0.717, 1.165) is 4.47 Å². The lowest BCUT2D eigenvalue weighted by atomic mass is 10.2. The molecule has 1 fully saturated rings. The molecule has 0 N–H and O–H groups in total. The molecule has 0 radical (unpaired) electrons. The quantitative estimate of drug-likeness (QED) is 0.554. The van der Waals surface area contributed by atoms with E-state index in [-0.39, 0.29) is 24.1 Å². The molecule has 0 unspecified atom stereocenters. The van der Waals surface area contributed by atoms with Crippen molar-refractivity contribution in [3.8, 4) is 5.75 Å². The normalized spacial score (nSPS) is 14.1. The van der Waals surface area contributed by atoms with Crippen LogP contribution in [-0.2, 0) is 6.61 Å². The highest BCUT2D eigenvalue weighted by Gasteiger charge is 2.25. The summed E-state index contributed by atoms with van der Waals surface area (Å²) in [6.45, 7) is 2.40. The second-order valence-corrected chi connectivity index (χ2v) is 7.57.